The predicted molar refractivity (Wildman–Crippen MR) is 126 cm³/mol. The highest BCUT2D eigenvalue weighted by Crippen LogP contribution is 2.25. The number of aryl methyl sites for hydroxylation is 1. The molecule has 3 N–H and O–H groups in total. The molecule has 8 nitrogen and oxygen atoms in total. The summed E-state index contributed by atoms with van der Waals surface area (Å²) in [7, 11) is 0. The number of nitrogen functional groups attached to an aromatic ring is 1. The molecule has 0 saturated heterocycles. The maximum Gasteiger partial charge on any atom is 0.330 e. The van der Waals surface area contributed by atoms with E-state index in [1.807, 2.05) is 49.6 Å². The molecule has 0 saturated carbocycles. The number of anilines is 2. The number of carbonyl (C=O) groups is 1. The molecule has 0 aliphatic carbocycles. The standard InChI is InChI=1S/C21H25N5O3S2/c1-3-4-10-25(16(27)13-31-21-23-14(2)12-30-21)17-18(22)26(20(29)24-19(17)28)11-15-8-6-5-7-9-15/h5-9,12H,3-4,10-11,13,22H2,1-2H3,(H,24,28,29). The van der Waals surface area contributed by atoms with Crippen LogP contribution in [0.4, 0.5) is 11.5 Å². The molecular formula is C21H25N5O3S2. The number of aromatic amines is 1. The molecule has 0 fully saturated rings. The third-order valence-corrected chi connectivity index (χ3v) is 6.74. The molecule has 3 aromatic rings. The third kappa shape index (κ3) is 5.65. The average molecular weight is 460 g/mol. The summed E-state index contributed by atoms with van der Waals surface area (Å²) in [6.07, 6.45) is 1.54. The fourth-order valence-electron chi connectivity index (χ4n) is 3.04. The van der Waals surface area contributed by atoms with Crippen LogP contribution >= 0.6 is 23.1 Å². The van der Waals surface area contributed by atoms with Crippen molar-refractivity contribution < 1.29 is 4.79 Å². The minimum absolute atomic E-state index is 0.0165. The lowest BCUT2D eigenvalue weighted by Crippen LogP contribution is -2.42. The van der Waals surface area contributed by atoms with Crippen molar-refractivity contribution in [2.75, 3.05) is 22.9 Å². The Kier molecular flexibility index (Phi) is 7.69. The van der Waals surface area contributed by atoms with Crippen molar-refractivity contribution in [3.63, 3.8) is 0 Å². The highest BCUT2D eigenvalue weighted by molar-refractivity contribution is 8.01. The zero-order valence-corrected chi connectivity index (χ0v) is 19.1. The number of hydrogen-bond acceptors (Lipinski definition) is 7. The SMILES string of the molecule is CCCCN(C(=O)CSc1nc(C)cs1)c1c(N)n(Cc2ccccc2)c(=O)[nH]c1=O. The van der Waals surface area contributed by atoms with Gasteiger partial charge in [-0.3, -0.25) is 19.1 Å². The summed E-state index contributed by atoms with van der Waals surface area (Å²) in [5, 5.41) is 1.92. The molecule has 0 bridgehead atoms. The van der Waals surface area contributed by atoms with E-state index in [4.69, 9.17) is 5.73 Å². The number of amides is 1. The van der Waals surface area contributed by atoms with E-state index in [9.17, 15) is 14.4 Å². The van der Waals surface area contributed by atoms with E-state index in [2.05, 4.69) is 9.97 Å². The molecule has 0 spiro atoms. The Balaban J connectivity index is 1.94. The summed E-state index contributed by atoms with van der Waals surface area (Å²) >= 11 is 2.79. The van der Waals surface area contributed by atoms with Gasteiger partial charge >= 0.3 is 5.69 Å². The second kappa shape index (κ2) is 10.5. The van der Waals surface area contributed by atoms with Crippen LogP contribution in [0.2, 0.25) is 0 Å². The van der Waals surface area contributed by atoms with Crippen molar-refractivity contribution in [3.8, 4) is 0 Å². The second-order valence-corrected chi connectivity index (χ2v) is 9.09. The molecule has 2 aromatic heterocycles. The topological polar surface area (TPSA) is 114 Å². The highest BCUT2D eigenvalue weighted by Gasteiger charge is 2.24. The number of thioether (sulfide) groups is 1. The van der Waals surface area contributed by atoms with Crippen LogP contribution in [0.15, 0.2) is 49.6 Å². The first-order valence-corrected chi connectivity index (χ1v) is 11.8. The number of unbranched alkanes of at least 4 members (excludes halogenated alkanes) is 1. The molecule has 2 heterocycles. The number of hydrogen-bond donors (Lipinski definition) is 2. The number of benzene rings is 1. The van der Waals surface area contributed by atoms with Crippen molar-refractivity contribution >= 4 is 40.5 Å². The van der Waals surface area contributed by atoms with Crippen LogP contribution < -0.4 is 21.9 Å². The summed E-state index contributed by atoms with van der Waals surface area (Å²) in [6, 6.07) is 9.32. The van der Waals surface area contributed by atoms with Gasteiger partial charge in [-0.25, -0.2) is 9.78 Å². The molecule has 0 atom stereocenters. The van der Waals surface area contributed by atoms with E-state index in [1.165, 1.54) is 32.6 Å². The van der Waals surface area contributed by atoms with Crippen molar-refractivity contribution in [3.05, 3.63) is 67.8 Å². The van der Waals surface area contributed by atoms with Gasteiger partial charge in [0.25, 0.3) is 5.56 Å². The minimum Gasteiger partial charge on any atom is -0.383 e. The van der Waals surface area contributed by atoms with E-state index in [-0.39, 0.29) is 29.7 Å². The first-order valence-electron chi connectivity index (χ1n) is 9.92. The molecule has 0 radical (unpaired) electrons. The fraction of sp³-hybridized carbons (Fsp3) is 0.333. The normalized spacial score (nSPS) is 10.9. The van der Waals surface area contributed by atoms with E-state index >= 15 is 0 Å². The number of aromatic nitrogens is 3. The molecular weight excluding hydrogens is 434 g/mol. The fourth-order valence-corrected chi connectivity index (χ4v) is 4.76. The maximum absolute atomic E-state index is 13.1. The molecule has 1 amide bonds. The van der Waals surface area contributed by atoms with Gasteiger partial charge in [0.1, 0.15) is 5.82 Å². The Morgan fingerprint density at radius 2 is 2.03 bits per heavy atom. The first-order chi connectivity index (χ1) is 14.9. The van der Waals surface area contributed by atoms with E-state index in [0.29, 0.717) is 13.0 Å². The number of thiazole rings is 1. The van der Waals surface area contributed by atoms with Gasteiger partial charge in [-0.1, -0.05) is 55.4 Å². The van der Waals surface area contributed by atoms with Gasteiger partial charge in [0.05, 0.1) is 12.3 Å². The Hall–Kier alpha value is -2.85. The van der Waals surface area contributed by atoms with Gasteiger partial charge in [-0.05, 0) is 18.9 Å². The summed E-state index contributed by atoms with van der Waals surface area (Å²) < 4.78 is 2.08. The Morgan fingerprint density at radius 3 is 2.68 bits per heavy atom. The quantitative estimate of drug-likeness (QED) is 0.476. The number of H-pyrrole nitrogens is 1. The molecule has 10 heteroatoms. The Labute approximate surface area is 188 Å². The molecule has 0 aliphatic heterocycles. The number of nitrogens with zero attached hydrogens (tertiary/aromatic N) is 3. The lowest BCUT2D eigenvalue weighted by atomic mass is 10.2. The van der Waals surface area contributed by atoms with Crippen molar-refractivity contribution in [2.45, 2.75) is 37.6 Å². The number of nitrogens with one attached hydrogen (secondary N) is 1. The largest absolute Gasteiger partial charge is 0.383 e. The lowest BCUT2D eigenvalue weighted by molar-refractivity contribution is -0.116. The van der Waals surface area contributed by atoms with Crippen LogP contribution in [-0.4, -0.2) is 32.7 Å². The van der Waals surface area contributed by atoms with E-state index in [1.54, 1.807) is 0 Å². The van der Waals surface area contributed by atoms with Crippen molar-refractivity contribution in [1.29, 1.82) is 0 Å². The van der Waals surface area contributed by atoms with Gasteiger partial charge < -0.3 is 10.6 Å². The van der Waals surface area contributed by atoms with Crippen LogP contribution in [0.1, 0.15) is 31.0 Å². The third-order valence-electron chi connectivity index (χ3n) is 4.62. The predicted octanol–water partition coefficient (Wildman–Crippen LogP) is 2.86. The average Bonchev–Trinajstić information content (AvgIpc) is 3.17. The Bertz CT molecular complexity index is 1150. The van der Waals surface area contributed by atoms with Crippen molar-refractivity contribution in [2.24, 2.45) is 0 Å². The molecule has 1 aromatic carbocycles. The summed E-state index contributed by atoms with van der Waals surface area (Å²) in [4.78, 5) is 46.3. The number of rotatable bonds is 9. The maximum atomic E-state index is 13.1. The molecule has 3 rings (SSSR count). The van der Waals surface area contributed by atoms with Crippen LogP contribution in [0.5, 0.6) is 0 Å². The van der Waals surface area contributed by atoms with Crippen molar-refractivity contribution in [1.82, 2.24) is 14.5 Å². The first kappa shape index (κ1) is 22.8. The second-order valence-electron chi connectivity index (χ2n) is 7.01. The van der Waals surface area contributed by atoms with Crippen LogP contribution in [-0.2, 0) is 11.3 Å². The number of nitrogens with two attached hydrogens (primary N) is 1. The summed E-state index contributed by atoms with van der Waals surface area (Å²) in [5.74, 6) is -0.154. The molecule has 164 valence electrons. The zero-order valence-electron chi connectivity index (χ0n) is 17.5. The van der Waals surface area contributed by atoms with Gasteiger partial charge in [0.15, 0.2) is 10.0 Å². The van der Waals surface area contributed by atoms with Gasteiger partial charge in [0, 0.05) is 17.6 Å². The molecule has 0 aliphatic rings. The van der Waals surface area contributed by atoms with E-state index < -0.39 is 11.2 Å². The van der Waals surface area contributed by atoms with Crippen LogP contribution in [0, 0.1) is 6.92 Å². The monoisotopic (exact) mass is 459 g/mol. The zero-order chi connectivity index (χ0) is 22.4. The minimum atomic E-state index is -0.661. The van der Waals surface area contributed by atoms with Gasteiger partial charge in [-0.15, -0.1) is 11.3 Å². The summed E-state index contributed by atoms with van der Waals surface area (Å²) in [5.41, 5.74) is 6.79. The molecule has 31 heavy (non-hydrogen) atoms. The van der Waals surface area contributed by atoms with Gasteiger partial charge in [-0.2, -0.15) is 0 Å². The van der Waals surface area contributed by atoms with Crippen LogP contribution in [0.25, 0.3) is 0 Å². The summed E-state index contributed by atoms with van der Waals surface area (Å²) in [6.45, 7) is 4.42. The van der Waals surface area contributed by atoms with Gasteiger partial charge in [0.2, 0.25) is 5.91 Å². The van der Waals surface area contributed by atoms with Crippen LogP contribution in [0.3, 0.4) is 0 Å². The highest BCUT2D eigenvalue weighted by atomic mass is 32.2. The van der Waals surface area contributed by atoms with E-state index in [0.717, 1.165) is 22.0 Å². The number of carbonyl (C=O) groups excluding carboxylic acids is 1. The molecule has 0 unspecified atom stereocenters. The smallest absolute Gasteiger partial charge is 0.330 e. The Morgan fingerprint density at radius 1 is 1.29 bits per heavy atom. The lowest BCUT2D eigenvalue weighted by Gasteiger charge is -2.24.